The molecule has 0 saturated heterocycles. The van der Waals surface area contributed by atoms with Crippen molar-refractivity contribution in [3.8, 4) is 5.75 Å². The summed E-state index contributed by atoms with van der Waals surface area (Å²) < 4.78 is 6.88. The average Bonchev–Trinajstić information content (AvgIpc) is 2.49. The second-order valence-electron chi connectivity index (χ2n) is 4.54. The summed E-state index contributed by atoms with van der Waals surface area (Å²) in [5.41, 5.74) is 4.51. The van der Waals surface area contributed by atoms with Gasteiger partial charge in [-0.1, -0.05) is 39.7 Å². The van der Waals surface area contributed by atoms with E-state index in [2.05, 4.69) is 41.1 Å². The van der Waals surface area contributed by atoms with Crippen molar-refractivity contribution in [3.63, 3.8) is 0 Å². The molecule has 0 fully saturated rings. The normalized spacial score (nSPS) is 17.4. The summed E-state index contributed by atoms with van der Waals surface area (Å²) in [6.45, 7) is 2.64. The monoisotopic (exact) mass is 322 g/mol. The molecule has 1 nitrogen and oxygen atoms in total. The van der Waals surface area contributed by atoms with Crippen LogP contribution in [0.3, 0.4) is 0 Å². The third kappa shape index (κ3) is 2.04. The molecule has 0 bridgehead atoms. The minimum Gasteiger partial charge on any atom is -0.489 e. The van der Waals surface area contributed by atoms with E-state index < -0.39 is 0 Å². The molecule has 0 aliphatic carbocycles. The minimum atomic E-state index is -0.158. The van der Waals surface area contributed by atoms with Crippen LogP contribution in [0.2, 0.25) is 0 Å². The van der Waals surface area contributed by atoms with Crippen LogP contribution < -0.4 is 4.74 Å². The average molecular weight is 324 g/mol. The predicted molar refractivity (Wildman–Crippen MR) is 77.3 cm³/mol. The summed E-state index contributed by atoms with van der Waals surface area (Å²) in [6.07, 6.45) is 0. The first-order chi connectivity index (χ1) is 8.65. The van der Waals surface area contributed by atoms with E-state index in [9.17, 15) is 0 Å². The maximum absolute atomic E-state index is 6.63. The van der Waals surface area contributed by atoms with Gasteiger partial charge in [-0.25, -0.2) is 0 Å². The second kappa shape index (κ2) is 4.60. The molecule has 0 saturated carbocycles. The summed E-state index contributed by atoms with van der Waals surface area (Å²) >= 11 is 10.1. The number of benzene rings is 2. The van der Waals surface area contributed by atoms with E-state index >= 15 is 0 Å². The molecule has 3 heteroatoms. The van der Waals surface area contributed by atoms with Gasteiger partial charge in [-0.05, 0) is 36.2 Å². The van der Waals surface area contributed by atoms with Crippen LogP contribution in [0.4, 0.5) is 0 Å². The van der Waals surface area contributed by atoms with Crippen LogP contribution in [-0.2, 0) is 6.61 Å². The molecule has 3 rings (SSSR count). The topological polar surface area (TPSA) is 9.23 Å². The van der Waals surface area contributed by atoms with Gasteiger partial charge in [0.05, 0.1) is 5.38 Å². The summed E-state index contributed by atoms with van der Waals surface area (Å²) in [5.74, 6) is 0.882. The van der Waals surface area contributed by atoms with Gasteiger partial charge in [-0.3, -0.25) is 0 Å². The first-order valence-corrected chi connectivity index (χ1v) is 7.04. The van der Waals surface area contributed by atoms with Gasteiger partial charge in [0.1, 0.15) is 12.4 Å². The number of aryl methyl sites for hydroxylation is 1. The van der Waals surface area contributed by atoms with Crippen LogP contribution >= 0.6 is 27.5 Å². The molecule has 0 amide bonds. The van der Waals surface area contributed by atoms with Crippen molar-refractivity contribution in [3.05, 3.63) is 63.1 Å². The largest absolute Gasteiger partial charge is 0.489 e. The van der Waals surface area contributed by atoms with Gasteiger partial charge in [0.15, 0.2) is 0 Å². The fourth-order valence-corrected chi connectivity index (χ4v) is 3.01. The van der Waals surface area contributed by atoms with E-state index in [-0.39, 0.29) is 5.38 Å². The molecule has 92 valence electrons. The van der Waals surface area contributed by atoms with Gasteiger partial charge < -0.3 is 4.74 Å². The second-order valence-corrected chi connectivity index (χ2v) is 5.89. The van der Waals surface area contributed by atoms with Gasteiger partial charge >= 0.3 is 0 Å². The number of fused-ring (bicyclic) bond motifs is 2. The smallest absolute Gasteiger partial charge is 0.124 e. The van der Waals surface area contributed by atoms with Crippen molar-refractivity contribution in [2.75, 3.05) is 0 Å². The summed E-state index contributed by atoms with van der Waals surface area (Å²) in [6, 6.07) is 12.3. The number of halogens is 2. The van der Waals surface area contributed by atoms with Gasteiger partial charge in [0.25, 0.3) is 0 Å². The lowest BCUT2D eigenvalue weighted by atomic mass is 9.99. The van der Waals surface area contributed by atoms with Crippen LogP contribution in [0, 0.1) is 6.92 Å². The Kier molecular flexibility index (Phi) is 3.08. The zero-order valence-corrected chi connectivity index (χ0v) is 12.3. The molecule has 18 heavy (non-hydrogen) atoms. The molecule has 2 aromatic carbocycles. The number of hydrogen-bond acceptors (Lipinski definition) is 1. The van der Waals surface area contributed by atoms with Crippen LogP contribution in [0.1, 0.15) is 27.6 Å². The Labute approximate surface area is 120 Å². The summed E-state index contributed by atoms with van der Waals surface area (Å²) in [4.78, 5) is 0. The Balaban J connectivity index is 2.18. The van der Waals surface area contributed by atoms with Crippen molar-refractivity contribution in [1.82, 2.24) is 0 Å². The third-order valence-corrected chi connectivity index (χ3v) is 4.17. The molecule has 2 aromatic rings. The van der Waals surface area contributed by atoms with Crippen molar-refractivity contribution in [2.24, 2.45) is 0 Å². The Morgan fingerprint density at radius 2 is 2.00 bits per heavy atom. The van der Waals surface area contributed by atoms with E-state index in [0.29, 0.717) is 6.61 Å². The molecular weight excluding hydrogens is 312 g/mol. The van der Waals surface area contributed by atoms with Crippen LogP contribution in [-0.4, -0.2) is 0 Å². The summed E-state index contributed by atoms with van der Waals surface area (Å²) in [7, 11) is 0. The maximum atomic E-state index is 6.63. The maximum Gasteiger partial charge on any atom is 0.124 e. The number of hydrogen-bond donors (Lipinski definition) is 0. The lowest BCUT2D eigenvalue weighted by Crippen LogP contribution is -1.96. The first-order valence-electron chi connectivity index (χ1n) is 5.81. The molecule has 0 radical (unpaired) electrons. The highest BCUT2D eigenvalue weighted by molar-refractivity contribution is 9.10. The van der Waals surface area contributed by atoms with Gasteiger partial charge in [-0.2, -0.15) is 0 Å². The molecule has 0 N–H and O–H groups in total. The number of rotatable bonds is 0. The standard InChI is InChI=1S/C15H12BrClO/c1-9-2-5-14-13(6-9)15(17)12-7-11(16)4-3-10(12)8-18-14/h2-7,15H,8H2,1H3. The lowest BCUT2D eigenvalue weighted by Gasteiger charge is -2.12. The van der Waals surface area contributed by atoms with Gasteiger partial charge in [0.2, 0.25) is 0 Å². The molecule has 1 aliphatic rings. The lowest BCUT2D eigenvalue weighted by molar-refractivity contribution is 0.307. The van der Waals surface area contributed by atoms with E-state index in [1.54, 1.807) is 0 Å². The van der Waals surface area contributed by atoms with E-state index in [1.807, 2.05) is 18.2 Å². The highest BCUT2D eigenvalue weighted by Crippen LogP contribution is 2.41. The summed E-state index contributed by atoms with van der Waals surface area (Å²) in [5, 5.41) is -0.158. The first kappa shape index (κ1) is 12.1. The highest BCUT2D eigenvalue weighted by atomic mass is 79.9. The molecule has 1 heterocycles. The molecule has 1 unspecified atom stereocenters. The Bertz CT molecular complexity index is 556. The zero-order chi connectivity index (χ0) is 12.7. The van der Waals surface area contributed by atoms with Crippen molar-refractivity contribution >= 4 is 27.5 Å². The van der Waals surface area contributed by atoms with E-state index in [1.165, 1.54) is 5.56 Å². The predicted octanol–water partition coefficient (Wildman–Crippen LogP) is 4.98. The van der Waals surface area contributed by atoms with Crippen LogP contribution in [0.5, 0.6) is 5.75 Å². The van der Waals surface area contributed by atoms with Crippen LogP contribution in [0.25, 0.3) is 0 Å². The minimum absolute atomic E-state index is 0.158. The van der Waals surface area contributed by atoms with Crippen LogP contribution in [0.15, 0.2) is 40.9 Å². The van der Waals surface area contributed by atoms with Gasteiger partial charge in [0, 0.05) is 10.0 Å². The Morgan fingerprint density at radius 1 is 1.17 bits per heavy atom. The zero-order valence-electron chi connectivity index (χ0n) is 9.91. The molecule has 1 atom stereocenters. The molecule has 0 aromatic heterocycles. The molecule has 1 aliphatic heterocycles. The number of ether oxygens (including phenoxy) is 1. The molecular formula is C15H12BrClO. The van der Waals surface area contributed by atoms with E-state index in [0.717, 1.165) is 26.9 Å². The highest BCUT2D eigenvalue weighted by Gasteiger charge is 2.23. The number of alkyl halides is 1. The third-order valence-electron chi connectivity index (χ3n) is 3.20. The van der Waals surface area contributed by atoms with Gasteiger partial charge in [-0.15, -0.1) is 11.6 Å². The van der Waals surface area contributed by atoms with Crippen molar-refractivity contribution < 1.29 is 4.74 Å². The van der Waals surface area contributed by atoms with Crippen molar-refractivity contribution in [1.29, 1.82) is 0 Å². The molecule has 0 spiro atoms. The fourth-order valence-electron chi connectivity index (χ4n) is 2.25. The Hall–Kier alpha value is -0.990. The quantitative estimate of drug-likeness (QED) is 0.621. The fraction of sp³-hybridized carbons (Fsp3) is 0.200. The van der Waals surface area contributed by atoms with Crippen molar-refractivity contribution in [2.45, 2.75) is 18.9 Å². The SMILES string of the molecule is Cc1ccc2c(c1)C(Cl)c1cc(Br)ccc1CO2. The Morgan fingerprint density at radius 3 is 2.83 bits per heavy atom. The van der Waals surface area contributed by atoms with E-state index in [4.69, 9.17) is 16.3 Å².